The molecule has 0 aliphatic heterocycles. The number of nitrogens with zero attached hydrogens (tertiary/aromatic N) is 2. The molecule has 1 heterocycles. The van der Waals surface area contributed by atoms with Gasteiger partial charge in [0.05, 0.1) is 22.5 Å². The molecule has 0 saturated heterocycles. The predicted octanol–water partition coefficient (Wildman–Crippen LogP) is 4.63. The number of alkyl halides is 1. The van der Waals surface area contributed by atoms with Crippen molar-refractivity contribution in [1.82, 2.24) is 9.55 Å². The van der Waals surface area contributed by atoms with Gasteiger partial charge in [-0.25, -0.2) is 4.98 Å². The highest BCUT2D eigenvalue weighted by Gasteiger charge is 2.50. The summed E-state index contributed by atoms with van der Waals surface area (Å²) in [4.78, 5) is 4.82. The fourth-order valence-electron chi connectivity index (χ4n) is 3.59. The molecule has 3 rings (SSSR count). The number of aryl methyl sites for hydroxylation is 1. The molecule has 4 heteroatoms. The van der Waals surface area contributed by atoms with Gasteiger partial charge in [0, 0.05) is 18.6 Å². The van der Waals surface area contributed by atoms with Crippen LogP contribution in [-0.4, -0.2) is 22.8 Å². The van der Waals surface area contributed by atoms with Crippen LogP contribution in [0.2, 0.25) is 0 Å². The molecule has 0 amide bonds. The summed E-state index contributed by atoms with van der Waals surface area (Å²) in [6.45, 7) is 8.62. The lowest BCUT2D eigenvalue weighted by Crippen LogP contribution is -2.51. The van der Waals surface area contributed by atoms with Gasteiger partial charge in [0.25, 0.3) is 0 Å². The summed E-state index contributed by atoms with van der Waals surface area (Å²) >= 11 is 6.41. The molecule has 2 aromatic rings. The zero-order valence-electron chi connectivity index (χ0n) is 13.4. The van der Waals surface area contributed by atoms with E-state index < -0.39 is 0 Å². The Hall–Kier alpha value is -1.06. The Bertz CT molecular complexity index is 675. The van der Waals surface area contributed by atoms with Crippen molar-refractivity contribution in [3.05, 3.63) is 29.6 Å². The molecule has 114 valence electrons. The number of fused-ring (bicyclic) bond motifs is 1. The van der Waals surface area contributed by atoms with Crippen LogP contribution in [0.1, 0.15) is 50.0 Å². The number of imidazole rings is 1. The van der Waals surface area contributed by atoms with Crippen LogP contribution in [0.4, 0.5) is 0 Å². The molecular weight excluding hydrogens is 284 g/mol. The molecule has 0 spiro atoms. The van der Waals surface area contributed by atoms with Crippen molar-refractivity contribution in [3.63, 3.8) is 0 Å². The average Bonchev–Trinajstić information content (AvgIpc) is 2.79. The SMILES string of the molecule is COC1CC(n2c(C(C)Cl)nc3c(C)cccc32)C1(C)C. The Kier molecular flexibility index (Phi) is 3.53. The molecular formula is C17H23ClN2O. The lowest BCUT2D eigenvalue weighted by atomic mass is 9.64. The van der Waals surface area contributed by atoms with Crippen molar-refractivity contribution in [2.24, 2.45) is 5.41 Å². The monoisotopic (exact) mass is 306 g/mol. The van der Waals surface area contributed by atoms with E-state index in [0.717, 1.165) is 17.8 Å². The molecule has 1 aromatic carbocycles. The van der Waals surface area contributed by atoms with Crippen molar-refractivity contribution in [1.29, 1.82) is 0 Å². The van der Waals surface area contributed by atoms with Crippen LogP contribution in [0.15, 0.2) is 18.2 Å². The van der Waals surface area contributed by atoms with Crippen molar-refractivity contribution in [3.8, 4) is 0 Å². The van der Waals surface area contributed by atoms with Crippen LogP contribution in [0.25, 0.3) is 11.0 Å². The molecule has 3 nitrogen and oxygen atoms in total. The van der Waals surface area contributed by atoms with Gasteiger partial charge in [0.1, 0.15) is 5.82 Å². The van der Waals surface area contributed by atoms with E-state index in [1.807, 2.05) is 6.92 Å². The van der Waals surface area contributed by atoms with Gasteiger partial charge in [0.15, 0.2) is 0 Å². The van der Waals surface area contributed by atoms with Gasteiger partial charge in [-0.05, 0) is 31.9 Å². The molecule has 1 aromatic heterocycles. The van der Waals surface area contributed by atoms with Crippen molar-refractivity contribution in [2.45, 2.75) is 51.6 Å². The summed E-state index contributed by atoms with van der Waals surface area (Å²) in [6, 6.07) is 6.73. The molecule has 1 aliphatic rings. The maximum absolute atomic E-state index is 6.41. The van der Waals surface area contributed by atoms with Gasteiger partial charge < -0.3 is 9.30 Å². The van der Waals surface area contributed by atoms with Gasteiger partial charge in [0.2, 0.25) is 0 Å². The highest BCUT2D eigenvalue weighted by Crippen LogP contribution is 2.53. The number of hydrogen-bond donors (Lipinski definition) is 0. The minimum Gasteiger partial charge on any atom is -0.381 e. The van der Waals surface area contributed by atoms with E-state index in [0.29, 0.717) is 12.1 Å². The fourth-order valence-corrected chi connectivity index (χ4v) is 3.74. The third-order valence-electron chi connectivity index (χ3n) is 5.03. The lowest BCUT2D eigenvalue weighted by Gasteiger charge is -2.52. The number of benzene rings is 1. The molecule has 21 heavy (non-hydrogen) atoms. The highest BCUT2D eigenvalue weighted by atomic mass is 35.5. The first-order valence-corrected chi connectivity index (χ1v) is 7.96. The Labute approximate surface area is 131 Å². The molecule has 0 radical (unpaired) electrons. The quantitative estimate of drug-likeness (QED) is 0.773. The molecule has 3 atom stereocenters. The third kappa shape index (κ3) is 2.09. The van der Waals surface area contributed by atoms with Crippen molar-refractivity contribution in [2.75, 3.05) is 7.11 Å². The van der Waals surface area contributed by atoms with Crippen LogP contribution in [0.5, 0.6) is 0 Å². The average molecular weight is 307 g/mol. The van der Waals surface area contributed by atoms with Gasteiger partial charge in [-0.2, -0.15) is 0 Å². The van der Waals surface area contributed by atoms with Gasteiger partial charge in [-0.3, -0.25) is 0 Å². The summed E-state index contributed by atoms with van der Waals surface area (Å²) in [5.41, 5.74) is 3.54. The number of halogens is 1. The van der Waals surface area contributed by atoms with Crippen LogP contribution >= 0.6 is 11.6 Å². The Balaban J connectivity index is 2.18. The number of aromatic nitrogens is 2. The topological polar surface area (TPSA) is 27.1 Å². The maximum Gasteiger partial charge on any atom is 0.128 e. The van der Waals surface area contributed by atoms with Crippen LogP contribution < -0.4 is 0 Å². The van der Waals surface area contributed by atoms with E-state index in [-0.39, 0.29) is 10.8 Å². The van der Waals surface area contributed by atoms with Crippen molar-refractivity contribution >= 4 is 22.6 Å². The summed E-state index contributed by atoms with van der Waals surface area (Å²) in [5.74, 6) is 0.966. The normalized spacial score (nSPS) is 25.8. The number of rotatable bonds is 3. The first-order chi connectivity index (χ1) is 9.87. The van der Waals surface area contributed by atoms with Crippen LogP contribution in [0, 0.1) is 12.3 Å². The fraction of sp³-hybridized carbons (Fsp3) is 0.588. The number of para-hydroxylation sites is 1. The minimum atomic E-state index is -0.103. The first kappa shape index (κ1) is 14.9. The largest absolute Gasteiger partial charge is 0.381 e. The second kappa shape index (κ2) is 4.99. The van der Waals surface area contributed by atoms with E-state index in [2.05, 4.69) is 43.5 Å². The lowest BCUT2D eigenvalue weighted by molar-refractivity contribution is -0.112. The first-order valence-electron chi connectivity index (χ1n) is 7.52. The van der Waals surface area contributed by atoms with E-state index >= 15 is 0 Å². The zero-order valence-corrected chi connectivity index (χ0v) is 14.1. The Morgan fingerprint density at radius 2 is 2.14 bits per heavy atom. The van der Waals surface area contributed by atoms with Crippen LogP contribution in [-0.2, 0) is 4.74 Å². The van der Waals surface area contributed by atoms with Crippen LogP contribution in [0.3, 0.4) is 0 Å². The minimum absolute atomic E-state index is 0.0899. The smallest absolute Gasteiger partial charge is 0.128 e. The summed E-state index contributed by atoms with van der Waals surface area (Å²) in [7, 11) is 1.80. The maximum atomic E-state index is 6.41. The zero-order chi connectivity index (χ0) is 15.4. The number of hydrogen-bond acceptors (Lipinski definition) is 2. The van der Waals surface area contributed by atoms with Gasteiger partial charge in [-0.1, -0.05) is 26.0 Å². The molecule has 1 aliphatic carbocycles. The van der Waals surface area contributed by atoms with Gasteiger partial charge >= 0.3 is 0 Å². The van der Waals surface area contributed by atoms with E-state index in [1.54, 1.807) is 7.11 Å². The Morgan fingerprint density at radius 1 is 1.43 bits per heavy atom. The molecule has 1 saturated carbocycles. The highest BCUT2D eigenvalue weighted by molar-refractivity contribution is 6.20. The number of methoxy groups -OCH3 is 1. The molecule has 3 unspecified atom stereocenters. The predicted molar refractivity (Wildman–Crippen MR) is 87.0 cm³/mol. The standard InChI is InChI=1S/C17H23ClN2O/c1-10-7-6-8-12-15(10)19-16(11(2)18)20(12)13-9-14(21-5)17(13,3)4/h6-8,11,13-14H,9H2,1-5H3. The van der Waals surface area contributed by atoms with E-state index in [4.69, 9.17) is 21.3 Å². The van der Waals surface area contributed by atoms with E-state index in [9.17, 15) is 0 Å². The summed E-state index contributed by atoms with van der Waals surface area (Å²) < 4.78 is 7.94. The Morgan fingerprint density at radius 3 is 2.71 bits per heavy atom. The summed E-state index contributed by atoms with van der Waals surface area (Å²) in [5, 5.41) is -0.103. The van der Waals surface area contributed by atoms with Crippen molar-refractivity contribution < 1.29 is 4.74 Å². The van der Waals surface area contributed by atoms with Gasteiger partial charge in [-0.15, -0.1) is 11.6 Å². The number of ether oxygens (including phenoxy) is 1. The molecule has 0 bridgehead atoms. The second-order valence-corrected chi connectivity index (χ2v) is 7.35. The third-order valence-corrected chi connectivity index (χ3v) is 5.22. The second-order valence-electron chi connectivity index (χ2n) is 6.70. The molecule has 0 N–H and O–H groups in total. The molecule has 1 fully saturated rings. The summed E-state index contributed by atoms with van der Waals surface area (Å²) in [6.07, 6.45) is 1.31. The van der Waals surface area contributed by atoms with E-state index in [1.165, 1.54) is 11.1 Å².